The molecule has 1 amide bonds. The number of benzene rings is 1. The summed E-state index contributed by atoms with van der Waals surface area (Å²) < 4.78 is 6.87. The highest BCUT2D eigenvalue weighted by Gasteiger charge is 2.20. The number of fused-ring (bicyclic) bond motifs is 1. The van der Waals surface area contributed by atoms with Gasteiger partial charge in [-0.2, -0.15) is 0 Å². The summed E-state index contributed by atoms with van der Waals surface area (Å²) in [7, 11) is 0. The molecule has 28 heavy (non-hydrogen) atoms. The van der Waals surface area contributed by atoms with E-state index in [1.807, 2.05) is 0 Å². The van der Waals surface area contributed by atoms with Crippen molar-refractivity contribution in [2.24, 2.45) is 0 Å². The lowest BCUT2D eigenvalue weighted by molar-refractivity contribution is -0.122. The van der Waals surface area contributed by atoms with Crippen molar-refractivity contribution in [1.82, 2.24) is 40.6 Å². The van der Waals surface area contributed by atoms with E-state index >= 15 is 0 Å². The van der Waals surface area contributed by atoms with Gasteiger partial charge in [0, 0.05) is 20.0 Å². The zero-order chi connectivity index (χ0) is 19.5. The van der Waals surface area contributed by atoms with Gasteiger partial charge in [-0.05, 0) is 34.9 Å². The average Bonchev–Trinajstić information content (AvgIpc) is 3.31. The molecule has 4 rings (SSSR count). The van der Waals surface area contributed by atoms with Crippen molar-refractivity contribution < 1.29 is 9.21 Å². The van der Waals surface area contributed by atoms with E-state index < -0.39 is 0 Å². The van der Waals surface area contributed by atoms with Crippen molar-refractivity contribution in [3.8, 4) is 0 Å². The van der Waals surface area contributed by atoms with Crippen LogP contribution in [0.25, 0.3) is 0 Å². The number of nitrogens with zero attached hydrogens (tertiary/aromatic N) is 7. The Bertz CT molecular complexity index is 966. The predicted molar refractivity (Wildman–Crippen MR) is 97.7 cm³/mol. The standard InChI is InChI=1S/C18H22N8O2/c1-12(18-22-20-13(2)28-18)19-17(27)11-26-16(21-23-24-26)10-25-8-7-14-5-3-4-6-15(14)9-25/h3-6,12H,7-11H2,1-2H3,(H,19,27)/t12-/m0/s1. The second-order valence-electron chi connectivity index (χ2n) is 6.93. The number of hydrogen-bond acceptors (Lipinski definition) is 8. The average molecular weight is 382 g/mol. The molecule has 2 aromatic heterocycles. The highest BCUT2D eigenvalue weighted by Crippen LogP contribution is 2.19. The molecule has 0 spiro atoms. The molecule has 10 heteroatoms. The van der Waals surface area contributed by atoms with Gasteiger partial charge in [-0.25, -0.2) is 4.68 Å². The fourth-order valence-corrected chi connectivity index (χ4v) is 3.32. The molecule has 10 nitrogen and oxygen atoms in total. The molecular formula is C18H22N8O2. The fourth-order valence-electron chi connectivity index (χ4n) is 3.32. The third-order valence-corrected chi connectivity index (χ3v) is 4.76. The molecule has 1 atom stereocenters. The predicted octanol–water partition coefficient (Wildman–Crippen LogP) is 0.800. The minimum Gasteiger partial charge on any atom is -0.423 e. The molecule has 146 valence electrons. The van der Waals surface area contributed by atoms with E-state index in [1.54, 1.807) is 13.8 Å². The number of carbonyl (C=O) groups excluding carboxylic acids is 1. The third kappa shape index (κ3) is 4.06. The number of tetrazole rings is 1. The van der Waals surface area contributed by atoms with Crippen molar-refractivity contribution in [1.29, 1.82) is 0 Å². The van der Waals surface area contributed by atoms with Crippen LogP contribution in [0.4, 0.5) is 0 Å². The van der Waals surface area contributed by atoms with E-state index in [9.17, 15) is 4.79 Å². The van der Waals surface area contributed by atoms with Crippen LogP contribution >= 0.6 is 0 Å². The number of amides is 1. The topological polar surface area (TPSA) is 115 Å². The maximum Gasteiger partial charge on any atom is 0.242 e. The molecular weight excluding hydrogens is 360 g/mol. The van der Waals surface area contributed by atoms with Crippen LogP contribution < -0.4 is 5.32 Å². The van der Waals surface area contributed by atoms with E-state index in [-0.39, 0.29) is 18.5 Å². The molecule has 3 aromatic rings. The van der Waals surface area contributed by atoms with Crippen LogP contribution in [-0.2, 0) is 30.8 Å². The van der Waals surface area contributed by atoms with E-state index in [0.29, 0.717) is 24.2 Å². The van der Waals surface area contributed by atoms with Crippen molar-refractivity contribution >= 4 is 5.91 Å². The Morgan fingerprint density at radius 2 is 2.07 bits per heavy atom. The maximum atomic E-state index is 12.4. The molecule has 1 N–H and O–H groups in total. The van der Waals surface area contributed by atoms with Crippen molar-refractivity contribution in [2.45, 2.75) is 45.9 Å². The van der Waals surface area contributed by atoms with Gasteiger partial charge >= 0.3 is 0 Å². The summed E-state index contributed by atoms with van der Waals surface area (Å²) in [5.41, 5.74) is 2.72. The van der Waals surface area contributed by atoms with E-state index in [0.717, 1.165) is 19.5 Å². The molecule has 0 saturated heterocycles. The van der Waals surface area contributed by atoms with Gasteiger partial charge in [0.25, 0.3) is 0 Å². The largest absolute Gasteiger partial charge is 0.423 e. The quantitative estimate of drug-likeness (QED) is 0.666. The Morgan fingerprint density at radius 1 is 1.25 bits per heavy atom. The second-order valence-corrected chi connectivity index (χ2v) is 6.93. The van der Waals surface area contributed by atoms with Gasteiger partial charge < -0.3 is 9.73 Å². The molecule has 0 saturated carbocycles. The van der Waals surface area contributed by atoms with Crippen LogP contribution in [0, 0.1) is 6.92 Å². The fraction of sp³-hybridized carbons (Fsp3) is 0.444. The minimum absolute atomic E-state index is 0.0320. The van der Waals surface area contributed by atoms with Gasteiger partial charge in [0.1, 0.15) is 12.6 Å². The summed E-state index contributed by atoms with van der Waals surface area (Å²) in [5, 5.41) is 22.3. The molecule has 0 fully saturated rings. The molecule has 0 aliphatic carbocycles. The van der Waals surface area contributed by atoms with Crippen LogP contribution in [0.5, 0.6) is 0 Å². The van der Waals surface area contributed by atoms with Crippen molar-refractivity contribution in [3.05, 3.63) is 53.0 Å². The van der Waals surface area contributed by atoms with Gasteiger partial charge in [-0.1, -0.05) is 24.3 Å². The summed E-state index contributed by atoms with van der Waals surface area (Å²) in [4.78, 5) is 14.7. The first-order valence-electron chi connectivity index (χ1n) is 9.22. The summed E-state index contributed by atoms with van der Waals surface area (Å²) in [6.45, 7) is 5.90. The first kappa shape index (κ1) is 18.2. The molecule has 0 radical (unpaired) electrons. The van der Waals surface area contributed by atoms with E-state index in [2.05, 4.69) is 60.2 Å². The molecule has 0 bridgehead atoms. The zero-order valence-electron chi connectivity index (χ0n) is 15.9. The SMILES string of the molecule is Cc1nnc([C@H](C)NC(=O)Cn2nnnc2CN2CCc3ccccc3C2)o1. The lowest BCUT2D eigenvalue weighted by Crippen LogP contribution is -2.33. The normalized spacial score (nSPS) is 15.2. The molecule has 1 aromatic carbocycles. The first-order chi connectivity index (χ1) is 13.6. The van der Waals surface area contributed by atoms with Crippen LogP contribution in [0.15, 0.2) is 28.7 Å². The van der Waals surface area contributed by atoms with E-state index in [1.165, 1.54) is 15.8 Å². The highest BCUT2D eigenvalue weighted by molar-refractivity contribution is 5.76. The molecule has 0 unspecified atom stereocenters. The Kier molecular flexibility index (Phi) is 5.11. The summed E-state index contributed by atoms with van der Waals surface area (Å²) in [6, 6.07) is 8.07. The number of hydrogen-bond donors (Lipinski definition) is 1. The minimum atomic E-state index is -0.382. The molecule has 1 aliphatic rings. The lowest BCUT2D eigenvalue weighted by atomic mass is 10.00. The Hall–Kier alpha value is -3.14. The van der Waals surface area contributed by atoms with Crippen LogP contribution in [0.1, 0.15) is 41.7 Å². The number of carbonyl (C=O) groups is 1. The van der Waals surface area contributed by atoms with Gasteiger partial charge in [-0.3, -0.25) is 9.69 Å². The number of aryl methyl sites for hydroxylation is 1. The summed E-state index contributed by atoms with van der Waals surface area (Å²) in [5.74, 6) is 1.27. The van der Waals surface area contributed by atoms with Crippen LogP contribution in [-0.4, -0.2) is 47.8 Å². The van der Waals surface area contributed by atoms with Crippen LogP contribution in [0.2, 0.25) is 0 Å². The first-order valence-corrected chi connectivity index (χ1v) is 9.22. The van der Waals surface area contributed by atoms with E-state index in [4.69, 9.17) is 4.42 Å². The highest BCUT2D eigenvalue weighted by atomic mass is 16.4. The Morgan fingerprint density at radius 3 is 2.86 bits per heavy atom. The Balaban J connectivity index is 1.36. The van der Waals surface area contributed by atoms with Gasteiger partial charge in [0.2, 0.25) is 17.7 Å². The van der Waals surface area contributed by atoms with Crippen molar-refractivity contribution in [2.75, 3.05) is 6.54 Å². The molecule has 3 heterocycles. The second kappa shape index (κ2) is 7.85. The number of aromatic nitrogens is 6. The van der Waals surface area contributed by atoms with Gasteiger partial charge in [0.15, 0.2) is 5.82 Å². The van der Waals surface area contributed by atoms with Crippen molar-refractivity contribution in [3.63, 3.8) is 0 Å². The van der Waals surface area contributed by atoms with Gasteiger partial charge in [0.05, 0.1) is 6.54 Å². The lowest BCUT2D eigenvalue weighted by Gasteiger charge is -2.28. The maximum absolute atomic E-state index is 12.4. The monoisotopic (exact) mass is 382 g/mol. The summed E-state index contributed by atoms with van der Waals surface area (Å²) in [6.07, 6.45) is 0.999. The molecule has 1 aliphatic heterocycles. The number of rotatable bonds is 6. The van der Waals surface area contributed by atoms with Gasteiger partial charge in [-0.15, -0.1) is 15.3 Å². The Labute approximate surface area is 161 Å². The third-order valence-electron chi connectivity index (χ3n) is 4.76. The zero-order valence-corrected chi connectivity index (χ0v) is 15.9. The smallest absolute Gasteiger partial charge is 0.242 e. The number of nitrogens with one attached hydrogen (secondary N) is 1. The van der Waals surface area contributed by atoms with Crippen LogP contribution in [0.3, 0.4) is 0 Å². The summed E-state index contributed by atoms with van der Waals surface area (Å²) >= 11 is 0.